The highest BCUT2D eigenvalue weighted by Gasteiger charge is 2.12. The summed E-state index contributed by atoms with van der Waals surface area (Å²) >= 11 is 0. The number of carbonyl (C=O) groups excluding carboxylic acids is 1. The van der Waals surface area contributed by atoms with Crippen LogP contribution in [0.4, 0.5) is 0 Å². The number of methoxy groups -OCH3 is 1. The average molecular weight is 273 g/mol. The number of rotatable bonds is 4. The van der Waals surface area contributed by atoms with Gasteiger partial charge >= 0.3 is 0 Å². The molecule has 0 aliphatic carbocycles. The summed E-state index contributed by atoms with van der Waals surface area (Å²) in [5.74, 6) is -0.535. The minimum Gasteiger partial charge on any atom is -0.468 e. The third-order valence-electron chi connectivity index (χ3n) is 2.90. The van der Waals surface area contributed by atoms with Crippen molar-refractivity contribution in [2.45, 2.75) is 13.5 Å². The Morgan fingerprint density at radius 2 is 2.10 bits per heavy atom. The molecule has 1 aromatic heterocycles. The number of hydrogen-bond donors (Lipinski definition) is 1. The van der Waals surface area contributed by atoms with E-state index in [9.17, 15) is 9.59 Å². The Balaban J connectivity index is 2.51. The van der Waals surface area contributed by atoms with Gasteiger partial charge in [-0.25, -0.2) is 4.98 Å². The van der Waals surface area contributed by atoms with Crippen LogP contribution >= 0.6 is 0 Å². The van der Waals surface area contributed by atoms with Gasteiger partial charge in [0.15, 0.2) is 0 Å². The molecule has 0 bridgehead atoms. The number of benzene rings is 1. The highest BCUT2D eigenvalue weighted by molar-refractivity contribution is 5.94. The van der Waals surface area contributed by atoms with Crippen molar-refractivity contribution in [3.8, 4) is 6.01 Å². The minimum absolute atomic E-state index is 0.175. The molecule has 1 aromatic carbocycles. The van der Waals surface area contributed by atoms with E-state index >= 15 is 0 Å². The second-order valence-electron chi connectivity index (χ2n) is 4.33. The normalized spacial score (nSPS) is 10.3. The van der Waals surface area contributed by atoms with Crippen LogP contribution in [0.3, 0.4) is 0 Å². The van der Waals surface area contributed by atoms with Crippen LogP contribution in [0.25, 0.3) is 0 Å². The molecule has 0 aliphatic rings. The minimum atomic E-state index is -0.535. The zero-order valence-electron chi connectivity index (χ0n) is 11.3. The predicted molar refractivity (Wildman–Crippen MR) is 73.8 cm³/mol. The van der Waals surface area contributed by atoms with Crippen molar-refractivity contribution < 1.29 is 9.53 Å². The quantitative estimate of drug-likeness (QED) is 0.888. The molecule has 6 heteroatoms. The fraction of sp³-hybridized carbons (Fsp3) is 0.214. The van der Waals surface area contributed by atoms with Gasteiger partial charge in [-0.3, -0.25) is 14.2 Å². The molecule has 1 heterocycles. The first kappa shape index (κ1) is 13.8. The Kier molecular flexibility index (Phi) is 3.84. The molecule has 0 atom stereocenters. The summed E-state index contributed by atoms with van der Waals surface area (Å²) in [5.41, 5.74) is 6.68. The molecule has 0 radical (unpaired) electrons. The smallest absolute Gasteiger partial charge is 0.299 e. The summed E-state index contributed by atoms with van der Waals surface area (Å²) in [6, 6.07) is 8.48. The third kappa shape index (κ3) is 2.69. The van der Waals surface area contributed by atoms with E-state index in [0.29, 0.717) is 16.8 Å². The van der Waals surface area contributed by atoms with Gasteiger partial charge in [-0.05, 0) is 18.6 Å². The fourth-order valence-electron chi connectivity index (χ4n) is 1.96. The monoisotopic (exact) mass is 273 g/mol. The molecule has 0 aliphatic heterocycles. The van der Waals surface area contributed by atoms with E-state index in [1.165, 1.54) is 17.7 Å². The second-order valence-corrected chi connectivity index (χ2v) is 4.33. The number of nitrogens with two attached hydrogens (primary N) is 1. The van der Waals surface area contributed by atoms with Crippen molar-refractivity contribution in [1.29, 1.82) is 0 Å². The van der Waals surface area contributed by atoms with Crippen LogP contribution < -0.4 is 16.0 Å². The van der Waals surface area contributed by atoms with E-state index in [1.807, 2.05) is 0 Å². The first-order valence-corrected chi connectivity index (χ1v) is 6.03. The molecule has 0 fully saturated rings. The zero-order chi connectivity index (χ0) is 14.7. The number of aromatic nitrogens is 2. The first-order valence-electron chi connectivity index (χ1n) is 6.03. The summed E-state index contributed by atoms with van der Waals surface area (Å²) in [6.45, 7) is 1.89. The molecule has 6 nitrogen and oxygen atoms in total. The van der Waals surface area contributed by atoms with Crippen molar-refractivity contribution in [3.63, 3.8) is 0 Å². The van der Waals surface area contributed by atoms with Crippen LogP contribution in [0.5, 0.6) is 6.01 Å². The van der Waals surface area contributed by atoms with Gasteiger partial charge < -0.3 is 10.5 Å². The summed E-state index contributed by atoms with van der Waals surface area (Å²) in [6.07, 6.45) is 0. The second kappa shape index (κ2) is 5.56. The molecule has 0 unspecified atom stereocenters. The molecular weight excluding hydrogens is 258 g/mol. The van der Waals surface area contributed by atoms with Crippen molar-refractivity contribution in [1.82, 2.24) is 9.55 Å². The number of nitrogens with zero attached hydrogens (tertiary/aromatic N) is 2. The van der Waals surface area contributed by atoms with E-state index in [0.717, 1.165) is 0 Å². The third-order valence-corrected chi connectivity index (χ3v) is 2.90. The lowest BCUT2D eigenvalue weighted by Crippen LogP contribution is -2.25. The molecule has 1 amide bonds. The highest BCUT2D eigenvalue weighted by Crippen LogP contribution is 2.12. The SMILES string of the molecule is COc1nc(C)cc(=O)n1Cc1ccccc1C(N)=O. The van der Waals surface area contributed by atoms with Gasteiger partial charge in [-0.2, -0.15) is 0 Å². The Bertz CT molecular complexity index is 707. The maximum absolute atomic E-state index is 12.0. The molecular formula is C14H15N3O3. The van der Waals surface area contributed by atoms with Crippen molar-refractivity contribution in [2.75, 3.05) is 7.11 Å². The van der Waals surface area contributed by atoms with E-state index in [-0.39, 0.29) is 18.1 Å². The molecule has 0 saturated carbocycles. The number of hydrogen-bond acceptors (Lipinski definition) is 4. The molecule has 0 spiro atoms. The molecule has 20 heavy (non-hydrogen) atoms. The van der Waals surface area contributed by atoms with Crippen molar-refractivity contribution in [2.24, 2.45) is 5.73 Å². The van der Waals surface area contributed by atoms with Crippen LogP contribution in [0.2, 0.25) is 0 Å². The van der Waals surface area contributed by atoms with Gasteiger partial charge in [0.2, 0.25) is 5.91 Å². The lowest BCUT2D eigenvalue weighted by Gasteiger charge is -2.12. The van der Waals surface area contributed by atoms with Crippen LogP contribution in [0.1, 0.15) is 21.6 Å². The topological polar surface area (TPSA) is 87.2 Å². The Morgan fingerprint density at radius 3 is 2.75 bits per heavy atom. The maximum atomic E-state index is 12.0. The molecule has 2 aromatic rings. The van der Waals surface area contributed by atoms with Gasteiger partial charge in [-0.15, -0.1) is 0 Å². The summed E-state index contributed by atoms with van der Waals surface area (Å²) in [4.78, 5) is 27.6. The Labute approximate surface area is 115 Å². The van der Waals surface area contributed by atoms with Gasteiger partial charge in [0.25, 0.3) is 11.6 Å². The van der Waals surface area contributed by atoms with Crippen LogP contribution in [0.15, 0.2) is 35.1 Å². The molecule has 2 rings (SSSR count). The van der Waals surface area contributed by atoms with Gasteiger partial charge in [0.05, 0.1) is 13.7 Å². The fourth-order valence-corrected chi connectivity index (χ4v) is 1.96. The van der Waals surface area contributed by atoms with Crippen LogP contribution in [-0.2, 0) is 6.54 Å². The summed E-state index contributed by atoms with van der Waals surface area (Å²) < 4.78 is 6.47. The van der Waals surface area contributed by atoms with Crippen molar-refractivity contribution >= 4 is 5.91 Å². The highest BCUT2D eigenvalue weighted by atomic mass is 16.5. The lowest BCUT2D eigenvalue weighted by molar-refractivity contribution is 0.0999. The zero-order valence-corrected chi connectivity index (χ0v) is 11.3. The number of ether oxygens (including phenoxy) is 1. The van der Waals surface area contributed by atoms with E-state index < -0.39 is 5.91 Å². The maximum Gasteiger partial charge on any atom is 0.299 e. The van der Waals surface area contributed by atoms with Crippen LogP contribution in [-0.4, -0.2) is 22.6 Å². The number of carbonyl (C=O) groups is 1. The Morgan fingerprint density at radius 1 is 1.40 bits per heavy atom. The number of amides is 1. The largest absolute Gasteiger partial charge is 0.468 e. The Hall–Kier alpha value is -2.63. The average Bonchev–Trinajstić information content (AvgIpc) is 2.41. The van der Waals surface area contributed by atoms with Gasteiger partial charge in [0, 0.05) is 17.3 Å². The summed E-state index contributed by atoms with van der Waals surface area (Å²) in [7, 11) is 1.44. The van der Waals surface area contributed by atoms with Crippen molar-refractivity contribution in [3.05, 3.63) is 57.5 Å². The van der Waals surface area contributed by atoms with Gasteiger partial charge in [0.1, 0.15) is 0 Å². The lowest BCUT2D eigenvalue weighted by atomic mass is 10.1. The number of aryl methyl sites for hydroxylation is 1. The van der Waals surface area contributed by atoms with E-state index in [2.05, 4.69) is 4.98 Å². The van der Waals surface area contributed by atoms with Crippen LogP contribution in [0, 0.1) is 6.92 Å². The first-order chi connectivity index (χ1) is 9.52. The van der Waals surface area contributed by atoms with Gasteiger partial charge in [-0.1, -0.05) is 18.2 Å². The summed E-state index contributed by atoms with van der Waals surface area (Å²) in [5, 5.41) is 0. The predicted octanol–water partition coefficient (Wildman–Crippen LogP) is 0.708. The van der Waals surface area contributed by atoms with E-state index in [4.69, 9.17) is 10.5 Å². The molecule has 2 N–H and O–H groups in total. The number of primary amides is 1. The molecule has 0 saturated heterocycles. The van der Waals surface area contributed by atoms with E-state index in [1.54, 1.807) is 31.2 Å². The molecule has 104 valence electrons. The standard InChI is InChI=1S/C14H15N3O3/c1-9-7-12(18)17(14(16-9)20-2)8-10-5-3-4-6-11(10)13(15)19/h3-7H,8H2,1-2H3,(H2,15,19).